The van der Waals surface area contributed by atoms with Crippen LogP contribution in [0.1, 0.15) is 47.3 Å². The molecule has 3 aromatic carbocycles. The maximum atomic E-state index is 11.7. The third-order valence-electron chi connectivity index (χ3n) is 6.38. The Bertz CT molecular complexity index is 1010. The van der Waals surface area contributed by atoms with Crippen molar-refractivity contribution in [3.8, 4) is 0 Å². The van der Waals surface area contributed by atoms with E-state index >= 15 is 0 Å². The van der Waals surface area contributed by atoms with E-state index in [1.54, 1.807) is 7.05 Å². The summed E-state index contributed by atoms with van der Waals surface area (Å²) in [4.78, 5) is 24.6. The second kappa shape index (κ2) is 25.0. The zero-order valence-corrected chi connectivity index (χ0v) is 22.9. The second-order valence-corrected chi connectivity index (χ2v) is 8.96. The fourth-order valence-corrected chi connectivity index (χ4v) is 4.53. The van der Waals surface area contributed by atoms with E-state index in [1.807, 2.05) is 66.7 Å². The van der Waals surface area contributed by atoms with E-state index in [2.05, 4.69) is 67.7 Å². The highest BCUT2D eigenvalue weighted by molar-refractivity contribution is 6.06. The first-order chi connectivity index (χ1) is 18.4. The molecule has 1 saturated carbocycles. The van der Waals surface area contributed by atoms with Crippen molar-refractivity contribution in [2.45, 2.75) is 50.0 Å². The maximum Gasteiger partial charge on any atom is 0.233 e. The Balaban J connectivity index is -0.000000222. The van der Waals surface area contributed by atoms with E-state index in [0.29, 0.717) is 11.8 Å². The highest BCUT2D eigenvalue weighted by atomic mass is 16.2. The van der Waals surface area contributed by atoms with Gasteiger partial charge in [0.05, 0.1) is 11.8 Å². The smallest absolute Gasteiger partial charge is 0.233 e. The zero-order valence-electron chi connectivity index (χ0n) is 22.9. The highest BCUT2D eigenvalue weighted by Crippen LogP contribution is 2.52. The molecule has 4 atom stereocenters. The number of fused-ring (bicyclic) bond motifs is 5. The molecule has 1 aliphatic heterocycles. The molecule has 8 N–H and O–H groups in total. The van der Waals surface area contributed by atoms with Crippen molar-refractivity contribution in [2.24, 2.45) is 41.1 Å². The Morgan fingerprint density at radius 3 is 1.14 bits per heavy atom. The predicted molar refractivity (Wildman–Crippen MR) is 184 cm³/mol. The number of hydrogen-bond donors (Lipinski definition) is 4. The maximum absolute atomic E-state index is 11.7. The summed E-state index contributed by atoms with van der Waals surface area (Å²) in [6, 6.07) is 30.0. The van der Waals surface area contributed by atoms with Crippen molar-refractivity contribution in [1.29, 1.82) is 0 Å². The number of para-hydroxylation sites is 1. The van der Waals surface area contributed by atoms with Gasteiger partial charge in [-0.05, 0) is 51.3 Å². The first kappa shape index (κ1) is 45.2. The number of imide groups is 1. The number of nitrogens with zero attached hydrogens (tertiary/aromatic N) is 1. The van der Waals surface area contributed by atoms with Crippen LogP contribution in [0.3, 0.4) is 0 Å². The number of rotatable bonds is 0. The molecule has 6 rings (SSSR count). The monoisotopic (exact) mass is 581 g/mol. The molecule has 236 valence electrons. The summed E-state index contributed by atoms with van der Waals surface area (Å²) in [5.74, 6) is 8.71. The third-order valence-corrected chi connectivity index (χ3v) is 6.38. The van der Waals surface area contributed by atoms with Crippen molar-refractivity contribution >= 4 is 17.5 Å². The minimum atomic E-state index is -0.0208. The number of hydrazine groups is 1. The standard InChI is InChI=1S/C10H11NO2.C8H10.C6H7N.C6H6.CH5N.4CH4.H4N2/c1-11-9(12)7-5-2-3-6(4-5)8(7)10(11)13;1-7-3-5-8(2)6-4-7;7-6-4-2-1-3-5-6;1-2-4-6-5-3-1;1-2;;;;;1-2/h2-3,5-8H,4H2,1H3;3-6H,1-2H3;1-5H,7H2;1-6H;2H2,1H3;4*1H4;1-2H2. The topological polar surface area (TPSA) is 141 Å². The second-order valence-electron chi connectivity index (χ2n) is 8.96. The molecular weight excluding hydrogens is 522 g/mol. The Kier molecular flexibility index (Phi) is 26.9. The van der Waals surface area contributed by atoms with E-state index in [0.717, 1.165) is 12.1 Å². The van der Waals surface area contributed by atoms with Crippen molar-refractivity contribution < 1.29 is 9.59 Å². The highest BCUT2D eigenvalue weighted by Gasteiger charge is 2.58. The van der Waals surface area contributed by atoms with Crippen LogP contribution in [0.2, 0.25) is 0 Å². The Hall–Kier alpha value is -3.78. The lowest BCUT2D eigenvalue weighted by Crippen LogP contribution is -2.28. The third kappa shape index (κ3) is 13.7. The number of hydrogen-bond acceptors (Lipinski definition) is 6. The van der Waals surface area contributed by atoms with Gasteiger partial charge in [-0.1, -0.05) is 132 Å². The lowest BCUT2D eigenvalue weighted by Gasteiger charge is -2.14. The number of carbonyl (C=O) groups excluding carboxylic acids is 2. The van der Waals surface area contributed by atoms with E-state index in [1.165, 1.54) is 23.1 Å². The van der Waals surface area contributed by atoms with Gasteiger partial charge in [0.25, 0.3) is 0 Å². The van der Waals surface area contributed by atoms with Crippen molar-refractivity contribution in [3.05, 3.63) is 114 Å². The summed E-state index contributed by atoms with van der Waals surface area (Å²) in [6.07, 6.45) is 5.23. The van der Waals surface area contributed by atoms with Gasteiger partial charge < -0.3 is 11.5 Å². The fraction of sp³-hybridized carbons (Fsp3) is 0.371. The number of aryl methyl sites for hydroxylation is 2. The van der Waals surface area contributed by atoms with Crippen molar-refractivity contribution in [2.75, 3.05) is 19.8 Å². The summed E-state index contributed by atoms with van der Waals surface area (Å²) in [5.41, 5.74) is 13.3. The predicted octanol–water partition coefficient (Wildman–Crippen LogP) is 6.62. The van der Waals surface area contributed by atoms with Crippen LogP contribution < -0.4 is 23.2 Å². The van der Waals surface area contributed by atoms with Gasteiger partial charge in [0.2, 0.25) is 11.8 Å². The van der Waals surface area contributed by atoms with Crippen LogP contribution >= 0.6 is 0 Å². The van der Waals surface area contributed by atoms with Gasteiger partial charge in [-0.3, -0.25) is 26.2 Å². The number of amides is 2. The zero-order chi connectivity index (χ0) is 28.5. The molecule has 1 heterocycles. The van der Waals surface area contributed by atoms with E-state index < -0.39 is 0 Å². The van der Waals surface area contributed by atoms with Crippen LogP contribution in [-0.4, -0.2) is 30.8 Å². The lowest BCUT2D eigenvalue weighted by atomic mass is 9.85. The molecule has 42 heavy (non-hydrogen) atoms. The van der Waals surface area contributed by atoms with E-state index in [-0.39, 0.29) is 53.4 Å². The largest absolute Gasteiger partial charge is 0.399 e. The van der Waals surface area contributed by atoms with Gasteiger partial charge in [-0.15, -0.1) is 0 Å². The average Bonchev–Trinajstić information content (AvgIpc) is 3.66. The Morgan fingerprint density at radius 2 is 0.881 bits per heavy atom. The quantitative estimate of drug-likeness (QED) is 0.0773. The number of allylic oxidation sites excluding steroid dienone is 2. The number of carbonyl (C=O) groups is 2. The minimum Gasteiger partial charge on any atom is -0.399 e. The van der Waals surface area contributed by atoms with E-state index in [9.17, 15) is 9.59 Å². The molecule has 2 fully saturated rings. The molecule has 3 aromatic rings. The minimum absolute atomic E-state index is 0. The van der Waals surface area contributed by atoms with E-state index in [4.69, 9.17) is 5.73 Å². The first-order valence-corrected chi connectivity index (χ1v) is 12.6. The number of nitrogen functional groups attached to an aromatic ring is 1. The molecule has 7 heteroatoms. The fourth-order valence-electron chi connectivity index (χ4n) is 4.53. The molecule has 2 bridgehead atoms. The Morgan fingerprint density at radius 1 is 0.595 bits per heavy atom. The summed E-state index contributed by atoms with van der Waals surface area (Å²) < 4.78 is 0. The number of anilines is 1. The van der Waals surface area contributed by atoms with Crippen LogP contribution in [0.25, 0.3) is 0 Å². The lowest BCUT2D eigenvalue weighted by molar-refractivity contribution is -0.138. The molecule has 4 unspecified atom stereocenters. The SMILES string of the molecule is C.C.C.C.CN.CN1C(=O)C2C3C=CC(C3)C2C1=O.Cc1ccc(C)cc1.NN.Nc1ccccc1.c1ccccc1. The number of nitrogens with two attached hydrogens (primary N) is 4. The molecule has 2 aliphatic carbocycles. The van der Waals surface area contributed by atoms with Crippen LogP contribution in [0.15, 0.2) is 103 Å². The summed E-state index contributed by atoms with van der Waals surface area (Å²) in [6.45, 7) is 4.19. The van der Waals surface area contributed by atoms with Gasteiger partial charge >= 0.3 is 0 Å². The molecule has 0 aromatic heterocycles. The van der Waals surface area contributed by atoms with Gasteiger partial charge in [0.1, 0.15) is 0 Å². The van der Waals surface area contributed by atoms with Crippen LogP contribution in [0.5, 0.6) is 0 Å². The Labute approximate surface area is 257 Å². The summed E-state index contributed by atoms with van der Waals surface area (Å²) >= 11 is 0. The molecule has 0 spiro atoms. The normalized spacial score (nSPS) is 19.0. The average molecular weight is 582 g/mol. The molecular formula is C35H59N5O2. The van der Waals surface area contributed by atoms with Gasteiger partial charge in [0.15, 0.2) is 0 Å². The number of benzene rings is 3. The summed E-state index contributed by atoms with van der Waals surface area (Å²) in [5, 5.41) is 0. The molecule has 3 aliphatic rings. The van der Waals surface area contributed by atoms with Crippen molar-refractivity contribution in [3.63, 3.8) is 0 Å². The summed E-state index contributed by atoms with van der Waals surface area (Å²) in [7, 11) is 3.10. The first-order valence-electron chi connectivity index (χ1n) is 12.6. The van der Waals surface area contributed by atoms with Crippen molar-refractivity contribution in [1.82, 2.24) is 4.90 Å². The molecule has 7 nitrogen and oxygen atoms in total. The number of likely N-dealkylation sites (tertiary alicyclic amines) is 1. The van der Waals surface area contributed by atoms with Gasteiger partial charge in [0, 0.05) is 12.7 Å². The van der Waals surface area contributed by atoms with Gasteiger partial charge in [-0.2, -0.15) is 0 Å². The molecule has 1 saturated heterocycles. The van der Waals surface area contributed by atoms with Gasteiger partial charge in [-0.25, -0.2) is 0 Å². The van der Waals surface area contributed by atoms with Crippen LogP contribution in [0.4, 0.5) is 5.69 Å². The molecule has 2 amide bonds. The van der Waals surface area contributed by atoms with Crippen LogP contribution in [0, 0.1) is 37.5 Å². The molecule has 0 radical (unpaired) electrons. The van der Waals surface area contributed by atoms with Crippen LogP contribution in [-0.2, 0) is 9.59 Å².